The van der Waals surface area contributed by atoms with E-state index in [1.165, 1.54) is 21.3 Å². The van der Waals surface area contributed by atoms with Crippen molar-refractivity contribution in [3.8, 4) is 5.75 Å². The molecule has 0 aliphatic heterocycles. The quantitative estimate of drug-likeness (QED) is 0.541. The van der Waals surface area contributed by atoms with Crippen molar-refractivity contribution in [3.05, 3.63) is 59.2 Å². The number of oxime groups is 1. The van der Waals surface area contributed by atoms with Crippen LogP contribution in [-0.2, 0) is 21.0 Å². The number of carbonyl (C=O) groups is 1. The maximum atomic E-state index is 11.9. The first kappa shape index (κ1) is 20.3. The molecule has 7 heteroatoms. The summed E-state index contributed by atoms with van der Waals surface area (Å²) in [7, 11) is 4.22. The Hall–Kier alpha value is -3.06. The molecular formula is C20H24N2O5. The second-order valence-corrected chi connectivity index (χ2v) is 5.70. The van der Waals surface area contributed by atoms with Crippen LogP contribution in [0.25, 0.3) is 0 Å². The van der Waals surface area contributed by atoms with Crippen molar-refractivity contribution >= 4 is 17.5 Å². The van der Waals surface area contributed by atoms with Gasteiger partial charge in [-0.15, -0.1) is 0 Å². The molecule has 2 rings (SSSR count). The molecule has 2 aromatic rings. The predicted octanol–water partition coefficient (Wildman–Crippen LogP) is 4.08. The number of ether oxygens (including phenoxy) is 2. The van der Waals surface area contributed by atoms with E-state index in [9.17, 15) is 4.79 Å². The predicted molar refractivity (Wildman–Crippen MR) is 103 cm³/mol. The molecule has 0 saturated heterocycles. The number of benzene rings is 2. The summed E-state index contributed by atoms with van der Waals surface area (Å²) in [5, 5.41) is 5.02. The highest BCUT2D eigenvalue weighted by atomic mass is 16.7. The van der Waals surface area contributed by atoms with E-state index in [1.54, 1.807) is 6.07 Å². The minimum absolute atomic E-state index is 0.262. The topological polar surface area (TPSA) is 69.6 Å². The average Bonchev–Trinajstić information content (AvgIpc) is 2.68. The van der Waals surface area contributed by atoms with Crippen LogP contribution >= 0.6 is 0 Å². The second-order valence-electron chi connectivity index (χ2n) is 5.70. The highest BCUT2D eigenvalue weighted by molar-refractivity contribution is 5.98. The number of hydrogen-bond donors (Lipinski definition) is 0. The Bertz CT molecular complexity index is 820. The fourth-order valence-electron chi connectivity index (χ4n) is 2.57. The van der Waals surface area contributed by atoms with Gasteiger partial charge in [-0.2, -0.15) is 5.06 Å². The van der Waals surface area contributed by atoms with Crippen LogP contribution in [0.5, 0.6) is 5.75 Å². The molecule has 7 nitrogen and oxygen atoms in total. The van der Waals surface area contributed by atoms with Gasteiger partial charge in [-0.05, 0) is 49.2 Å². The summed E-state index contributed by atoms with van der Waals surface area (Å²) in [5.74, 6) is 0.737. The van der Waals surface area contributed by atoms with Crippen molar-refractivity contribution in [3.63, 3.8) is 0 Å². The Morgan fingerprint density at radius 3 is 2.48 bits per heavy atom. The zero-order valence-corrected chi connectivity index (χ0v) is 16.2. The van der Waals surface area contributed by atoms with Gasteiger partial charge in [0.25, 0.3) is 0 Å². The number of aryl methyl sites for hydroxylation is 1. The molecule has 2 aromatic carbocycles. The molecule has 144 valence electrons. The first-order valence-electron chi connectivity index (χ1n) is 8.33. The van der Waals surface area contributed by atoms with Crippen molar-refractivity contribution < 1.29 is 23.9 Å². The van der Waals surface area contributed by atoms with Crippen LogP contribution in [-0.4, -0.2) is 33.1 Å². The third-order valence-corrected chi connectivity index (χ3v) is 3.94. The average molecular weight is 372 g/mol. The molecule has 27 heavy (non-hydrogen) atoms. The summed E-state index contributed by atoms with van der Waals surface area (Å²) >= 11 is 0. The van der Waals surface area contributed by atoms with Gasteiger partial charge in [0, 0.05) is 5.56 Å². The number of rotatable bonds is 7. The second kappa shape index (κ2) is 9.59. The minimum Gasteiger partial charge on any atom is -0.489 e. The summed E-state index contributed by atoms with van der Waals surface area (Å²) in [6, 6.07) is 13.1. The third kappa shape index (κ3) is 4.98. The maximum Gasteiger partial charge on any atom is 0.438 e. The van der Waals surface area contributed by atoms with E-state index < -0.39 is 6.09 Å². The van der Waals surface area contributed by atoms with E-state index in [2.05, 4.69) is 5.16 Å². The Morgan fingerprint density at radius 2 is 1.85 bits per heavy atom. The zero-order chi connectivity index (χ0) is 19.8. The minimum atomic E-state index is -0.613. The molecule has 0 atom stereocenters. The number of hydroxylamine groups is 1. The highest BCUT2D eigenvalue weighted by Gasteiger charge is 2.19. The number of amides is 1. The van der Waals surface area contributed by atoms with Crippen molar-refractivity contribution in [1.29, 1.82) is 0 Å². The number of nitrogens with zero attached hydrogens (tertiary/aromatic N) is 2. The molecule has 0 aromatic heterocycles. The van der Waals surface area contributed by atoms with E-state index in [0.29, 0.717) is 5.69 Å². The van der Waals surface area contributed by atoms with Gasteiger partial charge in [0.05, 0.1) is 25.6 Å². The lowest BCUT2D eigenvalue weighted by molar-refractivity contribution is 0.115. The van der Waals surface area contributed by atoms with E-state index in [0.717, 1.165) is 33.2 Å². The van der Waals surface area contributed by atoms with Crippen LogP contribution in [0.1, 0.15) is 23.6 Å². The molecule has 0 spiro atoms. The van der Waals surface area contributed by atoms with E-state index in [-0.39, 0.29) is 6.61 Å². The van der Waals surface area contributed by atoms with E-state index in [1.807, 2.05) is 50.2 Å². The monoisotopic (exact) mass is 372 g/mol. The first-order valence-corrected chi connectivity index (χ1v) is 8.33. The SMILES string of the molecule is CON=C(C)c1ccc(OCc2ccccc2N(OC)C(=O)OC)c(C)c1. The highest BCUT2D eigenvalue weighted by Crippen LogP contribution is 2.25. The smallest absolute Gasteiger partial charge is 0.438 e. The fraction of sp³-hybridized carbons (Fsp3) is 0.300. The van der Waals surface area contributed by atoms with Gasteiger partial charge >= 0.3 is 6.09 Å². The lowest BCUT2D eigenvalue weighted by Crippen LogP contribution is -2.30. The summed E-state index contributed by atoms with van der Waals surface area (Å²) < 4.78 is 10.7. The molecule has 0 radical (unpaired) electrons. The zero-order valence-electron chi connectivity index (χ0n) is 16.2. The van der Waals surface area contributed by atoms with Crippen molar-refractivity contribution in [2.45, 2.75) is 20.5 Å². The van der Waals surface area contributed by atoms with Crippen LogP contribution in [0, 0.1) is 6.92 Å². The summed E-state index contributed by atoms with van der Waals surface area (Å²) in [6.07, 6.45) is -0.613. The first-order chi connectivity index (χ1) is 13.0. The number of methoxy groups -OCH3 is 1. The van der Waals surface area contributed by atoms with Crippen molar-refractivity contribution in [2.24, 2.45) is 5.16 Å². The molecular weight excluding hydrogens is 348 g/mol. The number of carbonyl (C=O) groups excluding carboxylic acids is 1. The van der Waals surface area contributed by atoms with Crippen LogP contribution in [0.2, 0.25) is 0 Å². The van der Waals surface area contributed by atoms with Crippen LogP contribution < -0.4 is 9.80 Å². The Morgan fingerprint density at radius 1 is 1.11 bits per heavy atom. The van der Waals surface area contributed by atoms with Crippen LogP contribution in [0.4, 0.5) is 10.5 Å². The third-order valence-electron chi connectivity index (χ3n) is 3.94. The summed E-state index contributed by atoms with van der Waals surface area (Å²) in [4.78, 5) is 21.9. The Balaban J connectivity index is 2.20. The van der Waals surface area contributed by atoms with Crippen LogP contribution in [0.3, 0.4) is 0 Å². The van der Waals surface area contributed by atoms with Gasteiger partial charge in [0.1, 0.15) is 19.5 Å². The van der Waals surface area contributed by atoms with Gasteiger partial charge in [-0.3, -0.25) is 4.84 Å². The van der Waals surface area contributed by atoms with Gasteiger partial charge in [-0.1, -0.05) is 23.4 Å². The molecule has 1 amide bonds. The molecule has 0 heterocycles. The van der Waals surface area contributed by atoms with Gasteiger partial charge in [-0.25, -0.2) is 4.79 Å². The Kier molecular flexibility index (Phi) is 7.19. The number of anilines is 1. The van der Waals surface area contributed by atoms with Gasteiger partial charge in [0.2, 0.25) is 0 Å². The summed E-state index contributed by atoms with van der Waals surface area (Å²) in [5.41, 5.74) is 4.05. The largest absolute Gasteiger partial charge is 0.489 e. The normalized spacial score (nSPS) is 11.1. The van der Waals surface area contributed by atoms with E-state index in [4.69, 9.17) is 19.1 Å². The molecule has 0 N–H and O–H groups in total. The molecule has 0 aliphatic carbocycles. The van der Waals surface area contributed by atoms with Gasteiger partial charge in [0.15, 0.2) is 0 Å². The molecule has 0 saturated carbocycles. The number of para-hydroxylation sites is 1. The molecule has 0 aliphatic rings. The standard InChI is InChI=1S/C20H24N2O5/c1-14-12-16(15(2)21-25-4)10-11-19(14)27-13-17-8-6-7-9-18(17)22(26-5)20(23)24-3/h6-12H,13H2,1-5H3. The number of hydrogen-bond acceptors (Lipinski definition) is 6. The van der Waals surface area contributed by atoms with Crippen molar-refractivity contribution in [2.75, 3.05) is 26.4 Å². The maximum absolute atomic E-state index is 11.9. The van der Waals surface area contributed by atoms with E-state index >= 15 is 0 Å². The summed E-state index contributed by atoms with van der Waals surface area (Å²) in [6.45, 7) is 4.10. The fourth-order valence-corrected chi connectivity index (χ4v) is 2.57. The lowest BCUT2D eigenvalue weighted by Gasteiger charge is -2.21. The van der Waals surface area contributed by atoms with Gasteiger partial charge < -0.3 is 14.3 Å². The van der Waals surface area contributed by atoms with Crippen molar-refractivity contribution in [1.82, 2.24) is 0 Å². The van der Waals surface area contributed by atoms with Crippen LogP contribution in [0.15, 0.2) is 47.6 Å². The Labute approximate surface area is 159 Å². The lowest BCUT2D eigenvalue weighted by atomic mass is 10.1. The molecule has 0 bridgehead atoms. The molecule has 0 unspecified atom stereocenters. The molecule has 0 fully saturated rings.